The van der Waals surface area contributed by atoms with Gasteiger partial charge in [-0.1, -0.05) is 56.3 Å². The fraction of sp³-hybridized carbons (Fsp3) is 0.391. The molecule has 29 heavy (non-hydrogen) atoms. The molecule has 2 aromatic rings. The highest BCUT2D eigenvalue weighted by atomic mass is 32.2. The van der Waals surface area contributed by atoms with E-state index in [9.17, 15) is 8.42 Å². The SMILES string of the molecule is CC(C)Cc1ccc(-c2ccccc2S(=O)(=O)NC2ONC3=C2CCCC3)cc1. The molecule has 4 rings (SSSR count). The zero-order valence-electron chi connectivity index (χ0n) is 16.9. The smallest absolute Gasteiger partial charge is 0.243 e. The molecule has 0 aromatic heterocycles. The number of rotatable bonds is 6. The maximum atomic E-state index is 13.2. The first-order valence-corrected chi connectivity index (χ1v) is 11.8. The molecule has 2 aromatic carbocycles. The van der Waals surface area contributed by atoms with Crippen molar-refractivity contribution >= 4 is 10.0 Å². The topological polar surface area (TPSA) is 67.4 Å². The van der Waals surface area contributed by atoms with Gasteiger partial charge in [-0.25, -0.2) is 8.42 Å². The van der Waals surface area contributed by atoms with E-state index in [-0.39, 0.29) is 4.90 Å². The molecule has 5 nitrogen and oxygen atoms in total. The van der Waals surface area contributed by atoms with Gasteiger partial charge in [0.15, 0.2) is 6.23 Å². The summed E-state index contributed by atoms with van der Waals surface area (Å²) in [6.07, 6.45) is 4.29. The van der Waals surface area contributed by atoms with E-state index < -0.39 is 16.3 Å². The Hall–Kier alpha value is -2.15. The lowest BCUT2D eigenvalue weighted by Crippen LogP contribution is -2.37. The highest BCUT2D eigenvalue weighted by Gasteiger charge is 2.33. The third-order valence-electron chi connectivity index (χ3n) is 5.47. The minimum Gasteiger partial charge on any atom is -0.269 e. The van der Waals surface area contributed by atoms with Gasteiger partial charge in [0.05, 0.1) is 4.90 Å². The normalized spacial score (nSPS) is 19.3. The minimum absolute atomic E-state index is 0.269. The zero-order valence-corrected chi connectivity index (χ0v) is 17.8. The summed E-state index contributed by atoms with van der Waals surface area (Å²) in [7, 11) is -3.75. The Morgan fingerprint density at radius 2 is 1.79 bits per heavy atom. The van der Waals surface area contributed by atoms with Crippen molar-refractivity contribution in [3.63, 3.8) is 0 Å². The van der Waals surface area contributed by atoms with Crippen LogP contribution in [-0.4, -0.2) is 14.6 Å². The van der Waals surface area contributed by atoms with Crippen LogP contribution in [0.2, 0.25) is 0 Å². The van der Waals surface area contributed by atoms with Crippen LogP contribution in [0.15, 0.2) is 64.7 Å². The van der Waals surface area contributed by atoms with Crippen molar-refractivity contribution in [1.29, 1.82) is 0 Å². The quantitative estimate of drug-likeness (QED) is 0.732. The molecule has 0 fully saturated rings. The van der Waals surface area contributed by atoms with E-state index in [1.165, 1.54) is 5.56 Å². The predicted molar refractivity (Wildman–Crippen MR) is 114 cm³/mol. The Morgan fingerprint density at radius 1 is 1.07 bits per heavy atom. The molecule has 0 spiro atoms. The summed E-state index contributed by atoms with van der Waals surface area (Å²) in [5, 5.41) is 0. The van der Waals surface area contributed by atoms with E-state index in [4.69, 9.17) is 4.84 Å². The second-order valence-electron chi connectivity index (χ2n) is 8.22. The molecular formula is C23H28N2O3S. The van der Waals surface area contributed by atoms with E-state index in [2.05, 4.69) is 36.2 Å². The summed E-state index contributed by atoms with van der Waals surface area (Å²) in [6, 6.07) is 15.3. The van der Waals surface area contributed by atoms with E-state index in [1.807, 2.05) is 24.3 Å². The van der Waals surface area contributed by atoms with Crippen molar-refractivity contribution in [2.45, 2.75) is 57.1 Å². The predicted octanol–water partition coefficient (Wildman–Crippen LogP) is 4.52. The van der Waals surface area contributed by atoms with Gasteiger partial charge in [0, 0.05) is 11.3 Å². The van der Waals surface area contributed by atoms with Crippen molar-refractivity contribution in [3.05, 3.63) is 65.4 Å². The Balaban J connectivity index is 1.61. The number of sulfonamides is 1. The molecule has 0 amide bonds. The molecule has 0 bridgehead atoms. The van der Waals surface area contributed by atoms with Crippen LogP contribution in [0.1, 0.15) is 45.1 Å². The van der Waals surface area contributed by atoms with Crippen LogP contribution in [0.25, 0.3) is 11.1 Å². The van der Waals surface area contributed by atoms with Gasteiger partial charge >= 0.3 is 0 Å². The molecule has 0 saturated carbocycles. The van der Waals surface area contributed by atoms with Crippen molar-refractivity contribution < 1.29 is 13.3 Å². The number of hydrogen-bond acceptors (Lipinski definition) is 4. The molecular weight excluding hydrogens is 384 g/mol. The Labute approximate surface area is 173 Å². The van der Waals surface area contributed by atoms with E-state index in [1.54, 1.807) is 12.1 Å². The molecule has 1 unspecified atom stereocenters. The van der Waals surface area contributed by atoms with Gasteiger partial charge in [0.1, 0.15) is 0 Å². The largest absolute Gasteiger partial charge is 0.269 e. The third-order valence-corrected chi connectivity index (χ3v) is 6.93. The molecule has 0 saturated heterocycles. The fourth-order valence-corrected chi connectivity index (χ4v) is 5.40. The van der Waals surface area contributed by atoms with Crippen molar-refractivity contribution in [2.75, 3.05) is 0 Å². The van der Waals surface area contributed by atoms with Gasteiger partial charge in [-0.2, -0.15) is 4.72 Å². The van der Waals surface area contributed by atoms with E-state index >= 15 is 0 Å². The van der Waals surface area contributed by atoms with Crippen LogP contribution in [0.4, 0.5) is 0 Å². The second-order valence-corrected chi connectivity index (χ2v) is 9.91. The van der Waals surface area contributed by atoms with Gasteiger partial charge < -0.3 is 0 Å². The monoisotopic (exact) mass is 412 g/mol. The summed E-state index contributed by atoms with van der Waals surface area (Å²) in [4.78, 5) is 5.81. The lowest BCUT2D eigenvalue weighted by atomic mass is 9.96. The zero-order chi connectivity index (χ0) is 20.4. The molecule has 154 valence electrons. The average Bonchev–Trinajstić information content (AvgIpc) is 3.11. The lowest BCUT2D eigenvalue weighted by Gasteiger charge is -2.18. The molecule has 2 N–H and O–H groups in total. The standard InChI is InChI=1S/C23H28N2O3S/c1-16(2)15-17-11-13-18(14-12-17)19-7-4-6-10-22(19)29(26,27)25-23-20-8-3-5-9-21(20)24-28-23/h4,6-7,10-14,16,23-25H,3,5,8-9,15H2,1-2H3. The Morgan fingerprint density at radius 3 is 2.55 bits per heavy atom. The third kappa shape index (κ3) is 4.39. The lowest BCUT2D eigenvalue weighted by molar-refractivity contribution is 0.0318. The van der Waals surface area contributed by atoms with Crippen molar-refractivity contribution in [2.24, 2.45) is 5.92 Å². The maximum Gasteiger partial charge on any atom is 0.243 e. The fourth-order valence-electron chi connectivity index (χ4n) is 4.07. The van der Waals surface area contributed by atoms with Crippen LogP contribution in [0.5, 0.6) is 0 Å². The molecule has 1 heterocycles. The number of allylic oxidation sites excluding steroid dienone is 1. The number of hydroxylamine groups is 1. The van der Waals surface area contributed by atoms with Gasteiger partial charge in [-0.15, -0.1) is 0 Å². The molecule has 1 aliphatic carbocycles. The molecule has 2 aliphatic rings. The maximum absolute atomic E-state index is 13.2. The second kappa shape index (κ2) is 8.30. The number of benzene rings is 2. The minimum atomic E-state index is -3.75. The van der Waals surface area contributed by atoms with E-state index in [0.29, 0.717) is 11.5 Å². The number of nitrogens with one attached hydrogen (secondary N) is 2. The molecule has 0 radical (unpaired) electrons. The van der Waals surface area contributed by atoms with Crippen LogP contribution in [0.3, 0.4) is 0 Å². The molecule has 1 aliphatic heterocycles. The van der Waals surface area contributed by atoms with Crippen molar-refractivity contribution in [1.82, 2.24) is 10.2 Å². The summed E-state index contributed by atoms with van der Waals surface area (Å²) in [6.45, 7) is 4.38. The van der Waals surface area contributed by atoms with Crippen LogP contribution in [-0.2, 0) is 21.3 Å². The Bertz CT molecular complexity index is 1010. The van der Waals surface area contributed by atoms with Gasteiger partial charge in [-0.3, -0.25) is 10.3 Å². The summed E-state index contributed by atoms with van der Waals surface area (Å²) in [5.41, 5.74) is 7.79. The Kier molecular flexibility index (Phi) is 5.76. The first-order valence-electron chi connectivity index (χ1n) is 10.3. The van der Waals surface area contributed by atoms with Gasteiger partial charge in [0.2, 0.25) is 10.0 Å². The van der Waals surface area contributed by atoms with Gasteiger partial charge in [0.25, 0.3) is 0 Å². The summed E-state index contributed by atoms with van der Waals surface area (Å²) >= 11 is 0. The average molecular weight is 413 g/mol. The van der Waals surface area contributed by atoms with Crippen molar-refractivity contribution in [3.8, 4) is 11.1 Å². The summed E-state index contributed by atoms with van der Waals surface area (Å²) < 4.78 is 29.2. The van der Waals surface area contributed by atoms with Gasteiger partial charge in [-0.05, 0) is 60.8 Å². The molecule has 1 atom stereocenters. The highest BCUT2D eigenvalue weighted by molar-refractivity contribution is 7.89. The van der Waals surface area contributed by atoms with Crippen LogP contribution >= 0.6 is 0 Å². The van der Waals surface area contributed by atoms with Crippen LogP contribution in [0, 0.1) is 5.92 Å². The van der Waals surface area contributed by atoms with E-state index in [0.717, 1.165) is 48.9 Å². The molecule has 6 heteroatoms. The highest BCUT2D eigenvalue weighted by Crippen LogP contribution is 2.32. The first-order chi connectivity index (χ1) is 13.9. The summed E-state index contributed by atoms with van der Waals surface area (Å²) in [5.74, 6) is 0.580. The number of hydrogen-bond donors (Lipinski definition) is 2. The van der Waals surface area contributed by atoms with Crippen LogP contribution < -0.4 is 10.2 Å². The first kappa shape index (κ1) is 20.1.